The van der Waals surface area contributed by atoms with Gasteiger partial charge in [0.15, 0.2) is 0 Å². The molecule has 0 saturated carbocycles. The van der Waals surface area contributed by atoms with Crippen LogP contribution in [0, 0.1) is 18.6 Å². The van der Waals surface area contributed by atoms with Crippen molar-refractivity contribution in [3.05, 3.63) is 143 Å². The van der Waals surface area contributed by atoms with Gasteiger partial charge in [0.05, 0.1) is 16.9 Å². The van der Waals surface area contributed by atoms with Crippen LogP contribution in [0.2, 0.25) is 0 Å². The van der Waals surface area contributed by atoms with E-state index in [0.717, 1.165) is 45.3 Å². The number of hydrogen-bond donors (Lipinski definition) is 2. The molecule has 0 saturated heterocycles. The Balaban J connectivity index is 1.49. The Kier molecular flexibility index (Phi) is 8.72. The van der Waals surface area contributed by atoms with Crippen molar-refractivity contribution in [1.82, 2.24) is 10.3 Å². The van der Waals surface area contributed by atoms with Gasteiger partial charge in [-0.25, -0.2) is 8.78 Å². The van der Waals surface area contributed by atoms with Crippen LogP contribution < -0.4 is 10.6 Å². The van der Waals surface area contributed by atoms with E-state index in [1.54, 1.807) is 37.4 Å². The smallest absolute Gasteiger partial charge is 0.128 e. The molecule has 4 rings (SSSR count). The number of hydrogen-bond acceptors (Lipinski definition) is 3. The third-order valence-electron chi connectivity index (χ3n) is 6.64. The summed E-state index contributed by atoms with van der Waals surface area (Å²) in [4.78, 5) is 4.49. The molecule has 1 aromatic heterocycles. The van der Waals surface area contributed by atoms with Crippen LogP contribution in [0.1, 0.15) is 46.7 Å². The Morgan fingerprint density at radius 1 is 0.923 bits per heavy atom. The van der Waals surface area contributed by atoms with E-state index in [1.807, 2.05) is 43.3 Å². The molecule has 1 heterocycles. The number of anilines is 1. The van der Waals surface area contributed by atoms with Crippen LogP contribution in [0.5, 0.6) is 0 Å². The van der Waals surface area contributed by atoms with Gasteiger partial charge >= 0.3 is 0 Å². The lowest BCUT2D eigenvalue weighted by Crippen LogP contribution is -2.18. The first-order valence-electron chi connectivity index (χ1n) is 12.9. The Morgan fingerprint density at radius 2 is 1.69 bits per heavy atom. The van der Waals surface area contributed by atoms with Crippen molar-refractivity contribution in [2.45, 2.75) is 33.2 Å². The fourth-order valence-corrected chi connectivity index (χ4v) is 4.53. The fraction of sp³-hybridized carbons (Fsp3) is 0.147. The van der Waals surface area contributed by atoms with Gasteiger partial charge in [-0.2, -0.15) is 0 Å². The fourth-order valence-electron chi connectivity index (χ4n) is 4.53. The molecule has 0 radical (unpaired) electrons. The van der Waals surface area contributed by atoms with Crippen LogP contribution in [-0.4, -0.2) is 4.98 Å². The van der Waals surface area contributed by atoms with Crippen LogP contribution in [-0.2, 0) is 13.0 Å². The molecule has 0 aliphatic heterocycles. The summed E-state index contributed by atoms with van der Waals surface area (Å²) in [6.07, 6.45) is 8.55. The minimum atomic E-state index is -0.305. The number of rotatable bonds is 11. The highest BCUT2D eigenvalue weighted by atomic mass is 19.1. The number of nitrogens with one attached hydrogen (secondary N) is 2. The molecule has 3 nitrogen and oxygen atoms in total. The molecular weight excluding hydrogens is 488 g/mol. The Bertz CT molecular complexity index is 1580. The zero-order valence-corrected chi connectivity index (χ0v) is 22.5. The number of nitrogens with zero attached hydrogens (tertiary/aromatic N) is 1. The number of aromatic nitrogens is 1. The lowest BCUT2D eigenvalue weighted by molar-refractivity contribution is 0.614. The Labute approximate surface area is 229 Å². The van der Waals surface area contributed by atoms with Gasteiger partial charge in [0.2, 0.25) is 0 Å². The molecule has 5 heteroatoms. The maximum absolute atomic E-state index is 15.3. The van der Waals surface area contributed by atoms with Crippen LogP contribution in [0.25, 0.3) is 23.1 Å². The van der Waals surface area contributed by atoms with E-state index in [-0.39, 0.29) is 11.6 Å². The first-order chi connectivity index (χ1) is 18.8. The molecule has 0 spiro atoms. The predicted molar refractivity (Wildman–Crippen MR) is 160 cm³/mol. The third-order valence-corrected chi connectivity index (χ3v) is 6.64. The number of pyridine rings is 1. The van der Waals surface area contributed by atoms with Gasteiger partial charge < -0.3 is 10.6 Å². The molecule has 39 heavy (non-hydrogen) atoms. The third kappa shape index (κ3) is 6.50. The van der Waals surface area contributed by atoms with Crippen molar-refractivity contribution in [2.24, 2.45) is 0 Å². The van der Waals surface area contributed by atoms with Crippen LogP contribution in [0.4, 0.5) is 14.5 Å². The highest BCUT2D eigenvalue weighted by Crippen LogP contribution is 2.27. The van der Waals surface area contributed by atoms with Crippen molar-refractivity contribution in [2.75, 3.05) is 5.32 Å². The average Bonchev–Trinajstić information content (AvgIpc) is 2.93. The van der Waals surface area contributed by atoms with E-state index in [4.69, 9.17) is 0 Å². The van der Waals surface area contributed by atoms with Crippen LogP contribution in [0.15, 0.2) is 98.0 Å². The van der Waals surface area contributed by atoms with E-state index in [0.29, 0.717) is 35.5 Å². The SMILES string of the molecule is C=Cc1cc2nccc(Cc3ccc(NC(=C)/C(=C\CC)NCc4ccc(F)c(C)c4)cc3F)c2cc1C=C. The van der Waals surface area contributed by atoms with E-state index >= 15 is 4.39 Å². The number of fused-ring (bicyclic) bond motifs is 1. The van der Waals surface area contributed by atoms with Gasteiger partial charge in [-0.05, 0) is 83.1 Å². The second kappa shape index (κ2) is 12.4. The van der Waals surface area contributed by atoms with Gasteiger partial charge in [0.1, 0.15) is 11.6 Å². The zero-order chi connectivity index (χ0) is 27.9. The van der Waals surface area contributed by atoms with Gasteiger partial charge in [-0.1, -0.05) is 63.1 Å². The average molecular weight is 522 g/mol. The molecule has 0 bridgehead atoms. The monoisotopic (exact) mass is 521 g/mol. The summed E-state index contributed by atoms with van der Waals surface area (Å²) in [6.45, 7) is 16.2. The quantitative estimate of drug-likeness (QED) is 0.194. The summed E-state index contributed by atoms with van der Waals surface area (Å²) >= 11 is 0. The predicted octanol–water partition coefficient (Wildman–Crippen LogP) is 8.71. The molecule has 0 unspecified atom stereocenters. The lowest BCUT2D eigenvalue weighted by atomic mass is 9.97. The minimum Gasteiger partial charge on any atom is -0.380 e. The molecule has 3 aromatic carbocycles. The summed E-state index contributed by atoms with van der Waals surface area (Å²) < 4.78 is 28.9. The zero-order valence-electron chi connectivity index (χ0n) is 22.5. The first kappa shape index (κ1) is 27.5. The Morgan fingerprint density at radius 3 is 2.38 bits per heavy atom. The number of benzene rings is 3. The molecule has 0 atom stereocenters. The van der Waals surface area contributed by atoms with Gasteiger partial charge in [0.25, 0.3) is 0 Å². The van der Waals surface area contributed by atoms with Gasteiger partial charge in [-0.3, -0.25) is 4.98 Å². The van der Waals surface area contributed by atoms with Crippen molar-refractivity contribution in [3.8, 4) is 0 Å². The summed E-state index contributed by atoms with van der Waals surface area (Å²) in [5.74, 6) is -0.528. The summed E-state index contributed by atoms with van der Waals surface area (Å²) in [7, 11) is 0. The number of aryl methyl sites for hydroxylation is 1. The summed E-state index contributed by atoms with van der Waals surface area (Å²) in [6, 6.07) is 16.1. The van der Waals surface area contributed by atoms with E-state index in [9.17, 15) is 4.39 Å². The second-order valence-electron chi connectivity index (χ2n) is 9.43. The molecule has 0 aliphatic carbocycles. The standard InChI is InChI=1S/C34H33F2N3/c1-6-9-33(38-21-24-10-13-31(35)22(4)16-24)23(5)39-29-12-11-28(32(36)20-29)17-27-14-15-37-34-19-26(8-3)25(7-2)18-30(27)34/h7-16,18-20,38-39H,2-3,5-6,17,21H2,1,4H3/b33-9+. The second-order valence-corrected chi connectivity index (χ2v) is 9.43. The number of halogens is 2. The van der Waals surface area contributed by atoms with Crippen molar-refractivity contribution < 1.29 is 8.78 Å². The largest absolute Gasteiger partial charge is 0.380 e. The molecule has 0 fully saturated rings. The Hall–Kier alpha value is -4.51. The highest BCUT2D eigenvalue weighted by molar-refractivity contribution is 5.88. The minimum absolute atomic E-state index is 0.222. The number of allylic oxidation sites excluding steroid dienone is 1. The first-order valence-corrected chi connectivity index (χ1v) is 12.9. The van der Waals surface area contributed by atoms with Gasteiger partial charge in [0, 0.05) is 30.2 Å². The molecule has 0 aliphatic rings. The van der Waals surface area contributed by atoms with Crippen molar-refractivity contribution in [3.63, 3.8) is 0 Å². The molecule has 2 N–H and O–H groups in total. The van der Waals surface area contributed by atoms with E-state index in [2.05, 4.69) is 35.4 Å². The molecule has 198 valence electrons. The molecule has 0 amide bonds. The van der Waals surface area contributed by atoms with E-state index in [1.165, 1.54) is 12.1 Å². The van der Waals surface area contributed by atoms with Crippen molar-refractivity contribution in [1.29, 1.82) is 0 Å². The highest BCUT2D eigenvalue weighted by Gasteiger charge is 2.11. The van der Waals surface area contributed by atoms with Crippen LogP contribution >= 0.6 is 0 Å². The molecule has 4 aromatic rings. The van der Waals surface area contributed by atoms with Gasteiger partial charge in [-0.15, -0.1) is 0 Å². The maximum Gasteiger partial charge on any atom is 0.128 e. The maximum atomic E-state index is 15.3. The van der Waals surface area contributed by atoms with Crippen LogP contribution in [0.3, 0.4) is 0 Å². The topological polar surface area (TPSA) is 37.0 Å². The normalized spacial score (nSPS) is 11.3. The summed E-state index contributed by atoms with van der Waals surface area (Å²) in [5, 5.41) is 7.54. The van der Waals surface area contributed by atoms with Crippen molar-refractivity contribution >= 4 is 28.7 Å². The van der Waals surface area contributed by atoms with E-state index < -0.39 is 0 Å². The lowest BCUT2D eigenvalue weighted by Gasteiger charge is -2.17. The molecular formula is C34H33F2N3. The summed E-state index contributed by atoms with van der Waals surface area (Å²) in [5.41, 5.74) is 7.92.